The molecule has 1 rings (SSSR count). The van der Waals surface area contributed by atoms with Crippen LogP contribution in [0.25, 0.3) is 0 Å². The van der Waals surface area contributed by atoms with Crippen molar-refractivity contribution in [3.63, 3.8) is 0 Å². The van der Waals surface area contributed by atoms with E-state index in [-0.39, 0.29) is 63.0 Å². The maximum absolute atomic E-state index is 16.6. The number of quaternary nitrogens is 1. The number of alkyl halides is 24. The third-order valence-electron chi connectivity index (χ3n) is 16.1. The number of hydrogen-bond donors (Lipinski definition) is 1. The molecule has 28 heteroatoms. The summed E-state index contributed by atoms with van der Waals surface area (Å²) in [6, 6.07) is 3.87. The van der Waals surface area contributed by atoms with Gasteiger partial charge in [0, 0.05) is 31.7 Å². The molecular formula is C57H88AlF26N. The van der Waals surface area contributed by atoms with Gasteiger partial charge in [0.1, 0.15) is 5.82 Å². The summed E-state index contributed by atoms with van der Waals surface area (Å²) in [7, 11) is 0. The summed E-state index contributed by atoms with van der Waals surface area (Å²) in [5.41, 5.74) is 0.511. The van der Waals surface area contributed by atoms with Gasteiger partial charge in [0.15, 0.2) is 30.6 Å². The molecule has 0 fully saturated rings. The van der Waals surface area contributed by atoms with Crippen molar-refractivity contribution < 1.29 is 119 Å². The quantitative estimate of drug-likeness (QED) is 0.0377. The van der Waals surface area contributed by atoms with Crippen LogP contribution in [-0.4, -0.2) is 92.7 Å². The van der Waals surface area contributed by atoms with Crippen LogP contribution in [0.5, 0.6) is 0 Å². The first-order chi connectivity index (χ1) is 38.9. The average molecular weight is 1310 g/mol. The Labute approximate surface area is 486 Å². The Bertz CT molecular complexity index is 1820. The smallest absolute Gasteiger partial charge is 0.300 e. The zero-order chi connectivity index (χ0) is 66.4. The highest BCUT2D eigenvalue weighted by atomic mass is 27.3. The summed E-state index contributed by atoms with van der Waals surface area (Å²) < 4.78 is 408. The van der Waals surface area contributed by atoms with Gasteiger partial charge in [-0.1, -0.05) is 164 Å². The van der Waals surface area contributed by atoms with Gasteiger partial charge in [0.25, 0.3) is 0 Å². The SMILES string of the molecule is CCCCCCC(F)(F)C(F)(F)[C](F)(F)[Al-]([C](F)(F)C(F)(F)C(F)(F)CCCCCC)([C](F)(F)C(F)(F)C(F)(F)CCCCCC)[C](F)(F)C(F)(F)C(F)(F)CCCCCC.CCCCCC[NH+](CCC(CC)CCCC)c1cc(F)ccc1F. The van der Waals surface area contributed by atoms with E-state index in [2.05, 4.69) is 20.8 Å². The predicted molar refractivity (Wildman–Crippen MR) is 279 cm³/mol. The molecule has 0 aliphatic rings. The Balaban J connectivity index is 0.00000243. The number of nitrogens with one attached hydrogen (secondary N) is 1. The number of halogens is 26. The molecule has 0 bridgehead atoms. The molecule has 0 spiro atoms. The molecule has 1 N–H and O–H groups in total. The van der Waals surface area contributed by atoms with Crippen molar-refractivity contribution in [2.45, 2.75) is 301 Å². The normalized spacial score (nSPS) is 15.1. The van der Waals surface area contributed by atoms with E-state index in [0.29, 0.717) is 11.6 Å². The van der Waals surface area contributed by atoms with Crippen molar-refractivity contribution in [1.82, 2.24) is 0 Å². The van der Waals surface area contributed by atoms with Gasteiger partial charge in [0.05, 0.1) is 13.1 Å². The van der Waals surface area contributed by atoms with Crippen molar-refractivity contribution in [3.05, 3.63) is 29.8 Å². The van der Waals surface area contributed by atoms with E-state index in [9.17, 15) is 8.78 Å². The second-order valence-electron chi connectivity index (χ2n) is 22.7. The first kappa shape index (κ1) is 82.9. The summed E-state index contributed by atoms with van der Waals surface area (Å²) >= 11 is -13.7. The molecule has 2 unspecified atom stereocenters. The zero-order valence-electron chi connectivity index (χ0n) is 49.6. The lowest BCUT2D eigenvalue weighted by Gasteiger charge is -2.61. The molecule has 0 aliphatic heterocycles. The van der Waals surface area contributed by atoms with Gasteiger partial charge < -0.3 is 0 Å². The third-order valence-corrected chi connectivity index (χ3v) is 21.9. The van der Waals surface area contributed by atoms with E-state index in [0.717, 1.165) is 30.8 Å². The highest BCUT2D eigenvalue weighted by Gasteiger charge is 3.07. The summed E-state index contributed by atoms with van der Waals surface area (Å²) in [5.74, 6) is -63.8. The molecule has 1 aromatic rings. The minimum absolute atomic E-state index is 0.0363. The minimum Gasteiger partial charge on any atom is -0.300 e. The van der Waals surface area contributed by atoms with Crippen LogP contribution in [0.4, 0.5) is 120 Å². The highest BCUT2D eigenvalue weighted by molar-refractivity contribution is 6.89. The fourth-order valence-corrected chi connectivity index (χ4v) is 16.3. The number of benzene rings is 1. The van der Waals surface area contributed by atoms with Crippen LogP contribution in [0.2, 0.25) is 0 Å². The highest BCUT2D eigenvalue weighted by Crippen LogP contribution is 2.73. The molecule has 0 amide bonds. The maximum atomic E-state index is 16.6. The van der Waals surface area contributed by atoms with Crippen molar-refractivity contribution in [2.24, 2.45) is 5.92 Å². The number of hydrogen-bond acceptors (Lipinski definition) is 0. The fourth-order valence-electron chi connectivity index (χ4n) is 10.5. The lowest BCUT2D eigenvalue weighted by molar-refractivity contribution is -0.835. The lowest BCUT2D eigenvalue weighted by atomic mass is 9.95. The average Bonchev–Trinajstić information content (AvgIpc) is 0.657. The van der Waals surface area contributed by atoms with Gasteiger partial charge >= 0.3 is 60.5 Å². The topological polar surface area (TPSA) is 4.44 Å². The second kappa shape index (κ2) is 34.4. The molecule has 1 aromatic carbocycles. The van der Waals surface area contributed by atoms with Crippen molar-refractivity contribution in [3.8, 4) is 0 Å². The van der Waals surface area contributed by atoms with Gasteiger partial charge in [-0.05, 0) is 63.0 Å². The second-order valence-corrected chi connectivity index (χ2v) is 27.3. The summed E-state index contributed by atoms with van der Waals surface area (Å²) in [6.45, 7) is 13.5. The standard InChI is InChI=1S/C21H35F2N.4C9H13F6.Al/c1-4-7-9-10-15-24(16-14-18(6-3)11-8-5-2)21-17-19(22)12-13-20(21)23;4*1-2-3-4-5-6-8(12,13)9(14,15)7(10)11;/h12-13,17-18H,4-11,14-16H2,1-3H3;4*2-6H2,1H3;/q;;;;;-1/p+1. The van der Waals surface area contributed by atoms with Crippen LogP contribution in [0.15, 0.2) is 18.2 Å². The van der Waals surface area contributed by atoms with Gasteiger partial charge in [-0.3, -0.25) is 40.0 Å². The monoisotopic (exact) mass is 1310 g/mol. The Morgan fingerprint density at radius 1 is 0.341 bits per heavy atom. The maximum Gasteiger partial charge on any atom is 0.540 e. The summed E-state index contributed by atoms with van der Waals surface area (Å²) in [4.78, 5) is -37.7. The Morgan fingerprint density at radius 2 is 0.624 bits per heavy atom. The van der Waals surface area contributed by atoms with Crippen LogP contribution >= 0.6 is 0 Å². The molecular weight excluding hydrogens is 1220 g/mol. The van der Waals surface area contributed by atoms with E-state index in [1.807, 2.05) is 0 Å². The molecule has 2 atom stereocenters. The predicted octanol–water partition coefficient (Wildman–Crippen LogP) is 22.8. The molecule has 0 radical (unpaired) electrons. The van der Waals surface area contributed by atoms with Crippen molar-refractivity contribution in [1.29, 1.82) is 0 Å². The van der Waals surface area contributed by atoms with Crippen LogP contribution in [0, 0.1) is 17.6 Å². The van der Waals surface area contributed by atoms with E-state index >= 15 is 105 Å². The Kier molecular flexibility index (Phi) is 33.5. The van der Waals surface area contributed by atoms with E-state index in [1.165, 1.54) is 90.8 Å². The van der Waals surface area contributed by atoms with Gasteiger partial charge in [-0.25, -0.2) is 8.78 Å². The summed E-state index contributed by atoms with van der Waals surface area (Å²) in [6.07, 6.45) is -12.3. The van der Waals surface area contributed by atoms with Crippen LogP contribution in [-0.2, 0) is 0 Å². The molecule has 0 aromatic heterocycles. The Morgan fingerprint density at radius 3 is 0.894 bits per heavy atom. The largest absolute Gasteiger partial charge is 0.540 e. The molecule has 0 aliphatic carbocycles. The van der Waals surface area contributed by atoms with Crippen LogP contribution in [0.3, 0.4) is 0 Å². The first-order valence-electron chi connectivity index (χ1n) is 29.9. The van der Waals surface area contributed by atoms with Crippen molar-refractivity contribution in [2.75, 3.05) is 13.1 Å². The minimum atomic E-state index is -13.7. The molecule has 0 saturated heterocycles. The van der Waals surface area contributed by atoms with Crippen LogP contribution in [0.1, 0.15) is 235 Å². The lowest BCUT2D eigenvalue weighted by Crippen LogP contribution is -3.07. The number of rotatable bonds is 45. The molecule has 85 heavy (non-hydrogen) atoms. The fraction of sp³-hybridized carbons (Fsp3) is 0.895. The zero-order valence-corrected chi connectivity index (χ0v) is 50.8. The molecule has 0 heterocycles. The van der Waals surface area contributed by atoms with Gasteiger partial charge in [-0.15, -0.1) is 0 Å². The molecule has 506 valence electrons. The number of unbranched alkanes of at least 4 members (excludes halogenated alkanes) is 16. The molecule has 1 nitrogen and oxygen atoms in total. The van der Waals surface area contributed by atoms with Gasteiger partial charge in [-0.2, -0.15) is 70.2 Å². The first-order valence-corrected chi connectivity index (χ1v) is 32.2. The van der Waals surface area contributed by atoms with Crippen molar-refractivity contribution >= 4 is 18.8 Å². The summed E-state index contributed by atoms with van der Waals surface area (Å²) in [5, 5.41) is 0. The Hall–Kier alpha value is -2.11. The van der Waals surface area contributed by atoms with Crippen LogP contribution < -0.4 is 4.90 Å². The van der Waals surface area contributed by atoms with E-state index in [4.69, 9.17) is 0 Å². The van der Waals surface area contributed by atoms with Gasteiger partial charge in [0.2, 0.25) is 0 Å². The van der Waals surface area contributed by atoms with E-state index < -0.39 is 157 Å². The third kappa shape index (κ3) is 18.5. The van der Waals surface area contributed by atoms with E-state index in [1.54, 1.807) is 0 Å². The molecule has 0 saturated carbocycles.